The van der Waals surface area contributed by atoms with Gasteiger partial charge in [-0.3, -0.25) is 0 Å². The van der Waals surface area contributed by atoms with Crippen molar-refractivity contribution in [2.45, 2.75) is 44.5 Å². The van der Waals surface area contributed by atoms with Gasteiger partial charge in [0.1, 0.15) is 5.75 Å². The van der Waals surface area contributed by atoms with Gasteiger partial charge in [0.15, 0.2) is 8.32 Å². The van der Waals surface area contributed by atoms with E-state index in [1.165, 1.54) is 36.5 Å². The molecule has 3 heteroatoms. The zero-order valence-electron chi connectivity index (χ0n) is 10.9. The summed E-state index contributed by atoms with van der Waals surface area (Å²) in [6.07, 6.45) is 2.76. The zero-order valence-corrected chi connectivity index (χ0v) is 11.9. The van der Waals surface area contributed by atoms with Crippen LogP contribution in [-0.4, -0.2) is 15.4 Å². The van der Waals surface area contributed by atoms with Crippen LogP contribution in [0, 0.1) is 0 Å². The quantitative estimate of drug-likeness (QED) is 0.736. The zero-order chi connectivity index (χ0) is 12.1. The van der Waals surface area contributed by atoms with E-state index in [2.05, 4.69) is 19.1 Å². The van der Waals surface area contributed by atoms with Crippen LogP contribution < -0.4 is 4.74 Å². The first-order valence-corrected chi connectivity index (χ1v) is 9.08. The van der Waals surface area contributed by atoms with E-state index < -0.39 is 8.32 Å². The van der Waals surface area contributed by atoms with Gasteiger partial charge < -0.3 is 9.16 Å². The molecule has 0 amide bonds. The summed E-state index contributed by atoms with van der Waals surface area (Å²) in [7, 11) is 0.355. The van der Waals surface area contributed by atoms with E-state index in [-0.39, 0.29) is 0 Å². The van der Waals surface area contributed by atoms with Crippen LogP contribution in [0.5, 0.6) is 5.75 Å². The standard InChI is InChI=1S/C14H22O2Si/c1-3-17(10-4-5-11-17)16-12-13-6-8-14(15-2)9-7-13/h6-9H,3-5,10-12H2,1-2H3. The molecule has 1 heterocycles. The smallest absolute Gasteiger partial charge is 0.193 e. The summed E-state index contributed by atoms with van der Waals surface area (Å²) in [5.41, 5.74) is 1.26. The van der Waals surface area contributed by atoms with Crippen LogP contribution >= 0.6 is 0 Å². The highest BCUT2D eigenvalue weighted by Gasteiger charge is 2.36. The third-order valence-corrected chi connectivity index (χ3v) is 8.44. The minimum atomic E-state index is -1.34. The molecule has 2 rings (SSSR count). The van der Waals surface area contributed by atoms with Crippen molar-refractivity contribution in [2.75, 3.05) is 7.11 Å². The lowest BCUT2D eigenvalue weighted by Gasteiger charge is -2.25. The van der Waals surface area contributed by atoms with Crippen molar-refractivity contribution in [3.05, 3.63) is 29.8 Å². The number of rotatable bonds is 5. The van der Waals surface area contributed by atoms with Crippen molar-refractivity contribution in [1.82, 2.24) is 0 Å². The van der Waals surface area contributed by atoms with Crippen molar-refractivity contribution in [2.24, 2.45) is 0 Å². The van der Waals surface area contributed by atoms with E-state index in [1.54, 1.807) is 7.11 Å². The van der Waals surface area contributed by atoms with Crippen molar-refractivity contribution >= 4 is 8.32 Å². The van der Waals surface area contributed by atoms with Gasteiger partial charge in [0, 0.05) is 0 Å². The molecule has 1 aliphatic heterocycles. The van der Waals surface area contributed by atoms with Gasteiger partial charge in [0.25, 0.3) is 0 Å². The molecule has 1 saturated heterocycles. The molecular weight excluding hydrogens is 228 g/mol. The summed E-state index contributed by atoms with van der Waals surface area (Å²) in [5.74, 6) is 0.914. The Morgan fingerprint density at radius 1 is 1.12 bits per heavy atom. The lowest BCUT2D eigenvalue weighted by molar-refractivity contribution is 0.290. The second-order valence-electron chi connectivity index (χ2n) is 4.88. The van der Waals surface area contributed by atoms with Crippen LogP contribution in [0.3, 0.4) is 0 Å². The molecule has 0 spiro atoms. The second-order valence-corrected chi connectivity index (χ2v) is 9.24. The molecule has 0 atom stereocenters. The van der Waals surface area contributed by atoms with Gasteiger partial charge in [-0.1, -0.05) is 31.9 Å². The summed E-state index contributed by atoms with van der Waals surface area (Å²) in [6.45, 7) is 3.08. The second kappa shape index (κ2) is 5.69. The highest BCUT2D eigenvalue weighted by molar-refractivity contribution is 6.74. The molecule has 0 aliphatic carbocycles. The van der Waals surface area contributed by atoms with Crippen LogP contribution in [0.4, 0.5) is 0 Å². The molecule has 2 nitrogen and oxygen atoms in total. The Kier molecular flexibility index (Phi) is 4.24. The Bertz CT molecular complexity index is 342. The van der Waals surface area contributed by atoms with Crippen molar-refractivity contribution in [3.63, 3.8) is 0 Å². The van der Waals surface area contributed by atoms with Gasteiger partial charge in [0.2, 0.25) is 0 Å². The maximum absolute atomic E-state index is 6.30. The van der Waals surface area contributed by atoms with E-state index >= 15 is 0 Å². The Balaban J connectivity index is 1.92. The summed E-state index contributed by atoms with van der Waals surface area (Å²) < 4.78 is 11.5. The van der Waals surface area contributed by atoms with E-state index in [9.17, 15) is 0 Å². The molecule has 94 valence electrons. The van der Waals surface area contributed by atoms with Crippen LogP contribution in [0.25, 0.3) is 0 Å². The largest absolute Gasteiger partial charge is 0.497 e. The highest BCUT2D eigenvalue weighted by Crippen LogP contribution is 2.34. The van der Waals surface area contributed by atoms with Crippen molar-refractivity contribution < 1.29 is 9.16 Å². The molecule has 1 fully saturated rings. The fourth-order valence-electron chi connectivity index (χ4n) is 2.58. The minimum Gasteiger partial charge on any atom is -0.497 e. The number of hydrogen-bond acceptors (Lipinski definition) is 2. The topological polar surface area (TPSA) is 18.5 Å². The maximum atomic E-state index is 6.30. The van der Waals surface area contributed by atoms with Gasteiger partial charge >= 0.3 is 0 Å². The number of benzene rings is 1. The molecule has 1 aromatic rings. The monoisotopic (exact) mass is 250 g/mol. The Labute approximate surface area is 105 Å². The fourth-order valence-corrected chi connectivity index (χ4v) is 6.29. The molecule has 0 aromatic heterocycles. The van der Waals surface area contributed by atoms with Crippen LogP contribution in [0.2, 0.25) is 18.1 Å². The number of ether oxygens (including phenoxy) is 1. The van der Waals surface area contributed by atoms with Crippen LogP contribution in [0.1, 0.15) is 25.3 Å². The molecule has 1 aliphatic rings. The minimum absolute atomic E-state index is 0.782. The van der Waals surface area contributed by atoms with Crippen molar-refractivity contribution in [1.29, 1.82) is 0 Å². The molecule has 17 heavy (non-hydrogen) atoms. The van der Waals surface area contributed by atoms with Crippen LogP contribution in [-0.2, 0) is 11.0 Å². The number of methoxy groups -OCH3 is 1. The lowest BCUT2D eigenvalue weighted by Crippen LogP contribution is -2.33. The summed E-state index contributed by atoms with van der Waals surface area (Å²) in [4.78, 5) is 0. The normalized spacial score (nSPS) is 18.2. The van der Waals surface area contributed by atoms with E-state index in [4.69, 9.17) is 9.16 Å². The average Bonchev–Trinajstić information content (AvgIpc) is 2.86. The third kappa shape index (κ3) is 3.10. The van der Waals surface area contributed by atoms with Gasteiger partial charge in [0.05, 0.1) is 13.7 Å². The SMILES string of the molecule is CC[Si]1(OCc2ccc(OC)cc2)CCCC1. The molecule has 0 saturated carbocycles. The molecule has 0 N–H and O–H groups in total. The van der Waals surface area contributed by atoms with Crippen molar-refractivity contribution in [3.8, 4) is 5.75 Å². The first-order valence-electron chi connectivity index (χ1n) is 6.55. The number of hydrogen-bond donors (Lipinski definition) is 0. The van der Waals surface area contributed by atoms with Crippen LogP contribution in [0.15, 0.2) is 24.3 Å². The average molecular weight is 250 g/mol. The van der Waals surface area contributed by atoms with Gasteiger partial charge in [-0.05, 0) is 35.8 Å². The van der Waals surface area contributed by atoms with E-state index in [1.807, 2.05) is 12.1 Å². The Morgan fingerprint density at radius 3 is 2.29 bits per heavy atom. The maximum Gasteiger partial charge on any atom is 0.193 e. The predicted molar refractivity (Wildman–Crippen MR) is 72.9 cm³/mol. The molecule has 0 bridgehead atoms. The van der Waals surface area contributed by atoms with Gasteiger partial charge in [-0.15, -0.1) is 0 Å². The molecule has 0 radical (unpaired) electrons. The lowest BCUT2D eigenvalue weighted by atomic mass is 10.2. The first-order chi connectivity index (χ1) is 8.28. The van der Waals surface area contributed by atoms with Gasteiger partial charge in [-0.2, -0.15) is 0 Å². The predicted octanol–water partition coefficient (Wildman–Crippen LogP) is 3.97. The third-order valence-electron chi connectivity index (χ3n) is 3.86. The van der Waals surface area contributed by atoms with E-state index in [0.29, 0.717) is 0 Å². The summed E-state index contributed by atoms with van der Waals surface area (Å²) in [6, 6.07) is 12.2. The summed E-state index contributed by atoms with van der Waals surface area (Å²) >= 11 is 0. The molecule has 1 aromatic carbocycles. The Hall–Kier alpha value is -0.803. The molecular formula is C14H22O2Si. The fraction of sp³-hybridized carbons (Fsp3) is 0.571. The Morgan fingerprint density at radius 2 is 1.76 bits per heavy atom. The van der Waals surface area contributed by atoms with Gasteiger partial charge in [-0.25, -0.2) is 0 Å². The van der Waals surface area contributed by atoms with E-state index in [0.717, 1.165) is 12.4 Å². The highest BCUT2D eigenvalue weighted by atomic mass is 28.4. The molecule has 0 unspecified atom stereocenters. The first kappa shape index (κ1) is 12.6. The summed E-state index contributed by atoms with van der Waals surface area (Å²) in [5, 5.41) is 0.